The van der Waals surface area contributed by atoms with Crippen molar-refractivity contribution in [1.29, 1.82) is 0 Å². The lowest BCUT2D eigenvalue weighted by Crippen LogP contribution is -2.43. The Balaban J connectivity index is 1.16. The molecule has 6 nitrogen and oxygen atoms in total. The van der Waals surface area contributed by atoms with Crippen molar-refractivity contribution in [3.63, 3.8) is 0 Å². The molecule has 6 heteroatoms. The maximum Gasteiger partial charge on any atom is 0.191 e. The molecule has 0 amide bonds. The molecule has 4 rings (SSSR count). The second-order valence-electron chi connectivity index (χ2n) is 7.96. The Bertz CT molecular complexity index is 744. The third kappa shape index (κ3) is 5.58. The van der Waals surface area contributed by atoms with Gasteiger partial charge in [0.05, 0.1) is 5.69 Å². The predicted octanol–water partition coefficient (Wildman–Crippen LogP) is 2.45. The Labute approximate surface area is 168 Å². The molecule has 2 saturated carbocycles. The Kier molecular flexibility index (Phi) is 6.27. The smallest absolute Gasteiger partial charge is 0.191 e. The Morgan fingerprint density at radius 2 is 1.93 bits per heavy atom. The third-order valence-electron chi connectivity index (χ3n) is 5.58. The van der Waals surface area contributed by atoms with Crippen LogP contribution in [0, 0.1) is 5.92 Å². The van der Waals surface area contributed by atoms with Gasteiger partial charge in [0.2, 0.25) is 0 Å². The summed E-state index contributed by atoms with van der Waals surface area (Å²) in [4.78, 5) is 7.04. The molecule has 1 aromatic heterocycles. The summed E-state index contributed by atoms with van der Waals surface area (Å²) in [5.41, 5.74) is 2.40. The molecule has 1 aromatic carbocycles. The van der Waals surface area contributed by atoms with Crippen LogP contribution < -0.4 is 10.6 Å². The fourth-order valence-electron chi connectivity index (χ4n) is 3.60. The first-order valence-corrected chi connectivity index (χ1v) is 10.6. The van der Waals surface area contributed by atoms with Crippen LogP contribution in [-0.4, -0.2) is 59.9 Å². The molecular weight excluding hydrogens is 348 g/mol. The van der Waals surface area contributed by atoms with E-state index in [-0.39, 0.29) is 0 Å². The summed E-state index contributed by atoms with van der Waals surface area (Å²) in [7, 11) is 1.84. The summed E-state index contributed by atoms with van der Waals surface area (Å²) >= 11 is 0. The van der Waals surface area contributed by atoms with Crippen molar-refractivity contribution < 1.29 is 0 Å². The van der Waals surface area contributed by atoms with Gasteiger partial charge in [-0.1, -0.05) is 12.1 Å². The molecule has 2 aliphatic carbocycles. The molecule has 2 aromatic rings. The topological polar surface area (TPSA) is 57.5 Å². The Morgan fingerprint density at radius 1 is 1.14 bits per heavy atom. The predicted molar refractivity (Wildman–Crippen MR) is 114 cm³/mol. The first-order chi connectivity index (χ1) is 13.8. The van der Waals surface area contributed by atoms with E-state index in [1.54, 1.807) is 6.20 Å². The van der Waals surface area contributed by atoms with Gasteiger partial charge in [-0.2, -0.15) is 5.10 Å². The van der Waals surface area contributed by atoms with E-state index in [9.17, 15) is 0 Å². The molecule has 1 heterocycles. The van der Waals surface area contributed by atoms with Crippen molar-refractivity contribution in [3.8, 4) is 5.69 Å². The molecule has 0 saturated heterocycles. The lowest BCUT2D eigenvalue weighted by molar-refractivity contribution is 0.256. The van der Waals surface area contributed by atoms with Gasteiger partial charge in [-0.15, -0.1) is 0 Å². The van der Waals surface area contributed by atoms with Crippen LogP contribution in [0.4, 0.5) is 0 Å². The van der Waals surface area contributed by atoms with E-state index in [2.05, 4.69) is 49.9 Å². The first kappa shape index (κ1) is 19.0. The lowest BCUT2D eigenvalue weighted by Gasteiger charge is -2.22. The minimum absolute atomic E-state index is 0.849. The van der Waals surface area contributed by atoms with Crippen LogP contribution in [0.25, 0.3) is 5.69 Å². The first-order valence-electron chi connectivity index (χ1n) is 10.6. The molecule has 28 heavy (non-hydrogen) atoms. The summed E-state index contributed by atoms with van der Waals surface area (Å²) in [5.74, 6) is 1.87. The van der Waals surface area contributed by atoms with Crippen LogP contribution >= 0.6 is 0 Å². The number of benzene rings is 1. The standard InChI is InChI=1S/C22H32N6/c1-23-22(25-14-16-27(20-9-10-20)17-19-3-4-19)24-13-11-18-5-7-21(8-6-18)28-15-2-12-26-28/h2,5-8,12,15,19-20H,3-4,9-11,13-14,16-17H2,1H3,(H2,23,24,25). The molecule has 0 bridgehead atoms. The van der Waals surface area contributed by atoms with E-state index in [0.29, 0.717) is 0 Å². The van der Waals surface area contributed by atoms with Crippen molar-refractivity contribution in [3.05, 3.63) is 48.3 Å². The number of aliphatic imine (C=N–C) groups is 1. The van der Waals surface area contributed by atoms with Crippen molar-refractivity contribution >= 4 is 5.96 Å². The molecule has 2 fully saturated rings. The van der Waals surface area contributed by atoms with Gasteiger partial charge in [-0.3, -0.25) is 9.89 Å². The van der Waals surface area contributed by atoms with Crippen LogP contribution in [0.2, 0.25) is 0 Å². The molecule has 0 spiro atoms. The lowest BCUT2D eigenvalue weighted by atomic mass is 10.1. The van der Waals surface area contributed by atoms with Crippen LogP contribution in [-0.2, 0) is 6.42 Å². The van der Waals surface area contributed by atoms with E-state index < -0.39 is 0 Å². The van der Waals surface area contributed by atoms with Crippen LogP contribution in [0.5, 0.6) is 0 Å². The molecule has 0 atom stereocenters. The number of guanidine groups is 1. The minimum Gasteiger partial charge on any atom is -0.356 e. The third-order valence-corrected chi connectivity index (χ3v) is 5.58. The number of nitrogens with zero attached hydrogens (tertiary/aromatic N) is 4. The number of rotatable bonds is 10. The zero-order valence-electron chi connectivity index (χ0n) is 16.8. The number of nitrogens with one attached hydrogen (secondary N) is 2. The van der Waals surface area contributed by atoms with E-state index in [1.807, 2.05) is 24.0 Å². The van der Waals surface area contributed by atoms with E-state index in [0.717, 1.165) is 49.7 Å². The zero-order chi connectivity index (χ0) is 19.2. The van der Waals surface area contributed by atoms with E-state index >= 15 is 0 Å². The van der Waals surface area contributed by atoms with Gasteiger partial charge in [0.1, 0.15) is 0 Å². The molecule has 2 aliphatic rings. The molecular formula is C22H32N6. The van der Waals surface area contributed by atoms with Gasteiger partial charge in [-0.25, -0.2) is 4.68 Å². The average molecular weight is 381 g/mol. The maximum absolute atomic E-state index is 4.36. The van der Waals surface area contributed by atoms with Crippen molar-refractivity contribution in [2.75, 3.05) is 33.2 Å². The molecule has 2 N–H and O–H groups in total. The largest absolute Gasteiger partial charge is 0.356 e. The SMILES string of the molecule is CN=C(NCCc1ccc(-n2cccn2)cc1)NCCN(CC1CC1)C1CC1. The van der Waals surface area contributed by atoms with Gasteiger partial charge < -0.3 is 10.6 Å². The number of hydrogen-bond donors (Lipinski definition) is 2. The molecule has 150 valence electrons. The monoisotopic (exact) mass is 380 g/mol. The normalized spacial score (nSPS) is 17.1. The average Bonchev–Trinajstić information content (AvgIpc) is 3.66. The number of aromatic nitrogens is 2. The van der Waals surface area contributed by atoms with Gasteiger partial charge in [-0.05, 0) is 61.8 Å². The minimum atomic E-state index is 0.849. The van der Waals surface area contributed by atoms with Crippen LogP contribution in [0.1, 0.15) is 31.2 Å². The maximum atomic E-state index is 4.36. The number of hydrogen-bond acceptors (Lipinski definition) is 3. The fourth-order valence-corrected chi connectivity index (χ4v) is 3.60. The summed E-state index contributed by atoms with van der Waals surface area (Å²) < 4.78 is 1.88. The van der Waals surface area contributed by atoms with Crippen molar-refractivity contribution in [2.45, 2.75) is 38.1 Å². The summed E-state index contributed by atoms with van der Waals surface area (Å²) in [6.07, 6.45) is 10.4. The van der Waals surface area contributed by atoms with Gasteiger partial charge in [0.25, 0.3) is 0 Å². The second kappa shape index (κ2) is 9.24. The van der Waals surface area contributed by atoms with Gasteiger partial charge in [0, 0.05) is 51.7 Å². The summed E-state index contributed by atoms with van der Waals surface area (Å²) in [6, 6.07) is 11.3. The summed E-state index contributed by atoms with van der Waals surface area (Å²) in [5, 5.41) is 11.2. The highest BCUT2D eigenvalue weighted by Crippen LogP contribution is 2.34. The van der Waals surface area contributed by atoms with Gasteiger partial charge >= 0.3 is 0 Å². The van der Waals surface area contributed by atoms with Crippen molar-refractivity contribution in [1.82, 2.24) is 25.3 Å². The zero-order valence-corrected chi connectivity index (χ0v) is 16.8. The highest BCUT2D eigenvalue weighted by atomic mass is 15.3. The Hall–Kier alpha value is -2.34. The quantitative estimate of drug-likeness (QED) is 0.491. The fraction of sp³-hybridized carbons (Fsp3) is 0.545. The van der Waals surface area contributed by atoms with E-state index in [4.69, 9.17) is 0 Å². The van der Waals surface area contributed by atoms with Gasteiger partial charge in [0.15, 0.2) is 5.96 Å². The highest BCUT2D eigenvalue weighted by molar-refractivity contribution is 5.79. The van der Waals surface area contributed by atoms with Crippen molar-refractivity contribution in [2.24, 2.45) is 10.9 Å². The molecule has 0 radical (unpaired) electrons. The molecule has 0 aliphatic heterocycles. The van der Waals surface area contributed by atoms with Crippen LogP contribution in [0.3, 0.4) is 0 Å². The van der Waals surface area contributed by atoms with Crippen LogP contribution in [0.15, 0.2) is 47.7 Å². The highest BCUT2D eigenvalue weighted by Gasteiger charge is 2.33. The summed E-state index contributed by atoms with van der Waals surface area (Å²) in [6.45, 7) is 4.25. The second-order valence-corrected chi connectivity index (χ2v) is 7.96. The Morgan fingerprint density at radius 3 is 2.57 bits per heavy atom. The molecule has 0 unspecified atom stereocenters. The van der Waals surface area contributed by atoms with E-state index in [1.165, 1.54) is 37.8 Å².